The van der Waals surface area contributed by atoms with Crippen molar-refractivity contribution in [3.8, 4) is 0 Å². The van der Waals surface area contributed by atoms with Crippen molar-refractivity contribution in [2.24, 2.45) is 5.92 Å². The Hall–Kier alpha value is -0.0800. The second-order valence-corrected chi connectivity index (χ2v) is 4.25. The summed E-state index contributed by atoms with van der Waals surface area (Å²) in [6.07, 6.45) is 0. The minimum absolute atomic E-state index is 0.282. The summed E-state index contributed by atoms with van der Waals surface area (Å²) in [5.41, 5.74) is 3.66. The lowest BCUT2D eigenvalue weighted by Gasteiger charge is -2.31. The Balaban J connectivity index is 2.45. The fourth-order valence-electron chi connectivity index (χ4n) is 1.22. The molecule has 0 amide bonds. The van der Waals surface area contributed by atoms with E-state index in [1.807, 2.05) is 0 Å². The zero-order valence-electron chi connectivity index (χ0n) is 7.44. The number of nitrogens with zero attached hydrogens (tertiary/aromatic N) is 1. The molecule has 1 unspecified atom stereocenters. The van der Waals surface area contributed by atoms with Gasteiger partial charge in [-0.2, -0.15) is 0 Å². The maximum atomic E-state index is 3.38. The second kappa shape index (κ2) is 2.51. The van der Waals surface area contributed by atoms with E-state index in [0.717, 1.165) is 12.5 Å². The molecule has 0 bridgehead atoms. The average Bonchev–Trinajstić information content (AvgIpc) is 2.11. The minimum Gasteiger partial charge on any atom is -0.254 e. The Morgan fingerprint density at radius 1 is 1.40 bits per heavy atom. The first-order valence-corrected chi connectivity index (χ1v) is 4.01. The van der Waals surface area contributed by atoms with Crippen LogP contribution in [0.2, 0.25) is 0 Å². The Bertz CT molecular complexity index is 115. The van der Waals surface area contributed by atoms with Crippen LogP contribution in [0.4, 0.5) is 0 Å². The molecule has 1 fully saturated rings. The minimum atomic E-state index is 0.282. The molecule has 0 spiro atoms. The van der Waals surface area contributed by atoms with Crippen LogP contribution in [0, 0.1) is 5.92 Å². The third kappa shape index (κ3) is 1.70. The van der Waals surface area contributed by atoms with Gasteiger partial charge < -0.3 is 0 Å². The standard InChI is InChI=1S/C8H18N2/c1-7-5-9-10(6-7)8(2,3)4/h7,9H,5-6H2,1-4H3. The summed E-state index contributed by atoms with van der Waals surface area (Å²) in [4.78, 5) is 0. The molecule has 2 nitrogen and oxygen atoms in total. The highest BCUT2D eigenvalue weighted by Gasteiger charge is 2.27. The molecule has 1 rings (SSSR count). The molecule has 0 aromatic heterocycles. The van der Waals surface area contributed by atoms with E-state index in [1.54, 1.807) is 0 Å². The van der Waals surface area contributed by atoms with Gasteiger partial charge in [0, 0.05) is 18.6 Å². The Labute approximate surface area is 63.6 Å². The first-order valence-electron chi connectivity index (χ1n) is 4.01. The molecule has 1 aliphatic heterocycles. The maximum Gasteiger partial charge on any atom is 0.0270 e. The zero-order valence-corrected chi connectivity index (χ0v) is 7.44. The van der Waals surface area contributed by atoms with Crippen LogP contribution in [0.5, 0.6) is 0 Å². The van der Waals surface area contributed by atoms with Crippen molar-refractivity contribution in [2.45, 2.75) is 33.2 Å². The van der Waals surface area contributed by atoms with E-state index in [2.05, 4.69) is 38.1 Å². The van der Waals surface area contributed by atoms with Crippen LogP contribution in [-0.2, 0) is 0 Å². The van der Waals surface area contributed by atoms with E-state index < -0.39 is 0 Å². The highest BCUT2D eigenvalue weighted by atomic mass is 15.6. The van der Waals surface area contributed by atoms with E-state index in [9.17, 15) is 0 Å². The van der Waals surface area contributed by atoms with Crippen molar-refractivity contribution in [3.05, 3.63) is 0 Å². The van der Waals surface area contributed by atoms with Crippen molar-refractivity contribution < 1.29 is 0 Å². The predicted octanol–water partition coefficient (Wildman–Crippen LogP) is 1.24. The summed E-state index contributed by atoms with van der Waals surface area (Å²) >= 11 is 0. The van der Waals surface area contributed by atoms with E-state index in [0.29, 0.717) is 0 Å². The molecule has 0 saturated carbocycles. The molecule has 1 heterocycles. The number of hydrazine groups is 1. The van der Waals surface area contributed by atoms with Gasteiger partial charge in [0.2, 0.25) is 0 Å². The Kier molecular flexibility index (Phi) is 2.02. The van der Waals surface area contributed by atoms with Gasteiger partial charge in [-0.3, -0.25) is 5.43 Å². The van der Waals surface area contributed by atoms with Gasteiger partial charge in [-0.25, -0.2) is 5.01 Å². The van der Waals surface area contributed by atoms with Crippen LogP contribution in [0.3, 0.4) is 0 Å². The first kappa shape index (κ1) is 8.02. The van der Waals surface area contributed by atoms with Gasteiger partial charge in [-0.15, -0.1) is 0 Å². The van der Waals surface area contributed by atoms with Crippen LogP contribution >= 0.6 is 0 Å². The third-order valence-electron chi connectivity index (χ3n) is 1.93. The van der Waals surface area contributed by atoms with E-state index in [4.69, 9.17) is 0 Å². The van der Waals surface area contributed by atoms with Crippen LogP contribution in [-0.4, -0.2) is 23.6 Å². The lowest BCUT2D eigenvalue weighted by Crippen LogP contribution is -2.45. The topological polar surface area (TPSA) is 15.3 Å². The van der Waals surface area contributed by atoms with Gasteiger partial charge in [0.1, 0.15) is 0 Å². The fraction of sp³-hybridized carbons (Fsp3) is 1.00. The zero-order chi connectivity index (χ0) is 7.78. The Morgan fingerprint density at radius 3 is 2.20 bits per heavy atom. The van der Waals surface area contributed by atoms with Crippen LogP contribution in [0.25, 0.3) is 0 Å². The molecular weight excluding hydrogens is 124 g/mol. The van der Waals surface area contributed by atoms with Crippen molar-refractivity contribution in [1.29, 1.82) is 0 Å². The molecule has 1 atom stereocenters. The Morgan fingerprint density at radius 2 is 2.00 bits per heavy atom. The van der Waals surface area contributed by atoms with Gasteiger partial charge in [0.15, 0.2) is 0 Å². The van der Waals surface area contributed by atoms with E-state index in [-0.39, 0.29) is 5.54 Å². The van der Waals surface area contributed by atoms with Gasteiger partial charge in [0.25, 0.3) is 0 Å². The number of nitrogens with one attached hydrogen (secondary N) is 1. The van der Waals surface area contributed by atoms with Crippen molar-refractivity contribution >= 4 is 0 Å². The lowest BCUT2D eigenvalue weighted by molar-refractivity contribution is 0.113. The first-order chi connectivity index (χ1) is 4.50. The highest BCUT2D eigenvalue weighted by molar-refractivity contribution is 4.79. The summed E-state index contributed by atoms with van der Waals surface area (Å²) in [7, 11) is 0. The smallest absolute Gasteiger partial charge is 0.0270 e. The molecule has 2 heteroatoms. The summed E-state index contributed by atoms with van der Waals surface area (Å²) in [6.45, 7) is 11.3. The van der Waals surface area contributed by atoms with Crippen molar-refractivity contribution in [3.63, 3.8) is 0 Å². The number of hydrogen-bond donors (Lipinski definition) is 1. The third-order valence-corrected chi connectivity index (χ3v) is 1.93. The molecule has 0 aromatic rings. The monoisotopic (exact) mass is 142 g/mol. The molecule has 0 radical (unpaired) electrons. The highest BCUT2D eigenvalue weighted by Crippen LogP contribution is 2.16. The van der Waals surface area contributed by atoms with E-state index in [1.165, 1.54) is 6.54 Å². The number of hydrogen-bond acceptors (Lipinski definition) is 2. The van der Waals surface area contributed by atoms with Crippen LogP contribution < -0.4 is 5.43 Å². The molecule has 1 saturated heterocycles. The summed E-state index contributed by atoms with van der Waals surface area (Å²) in [5, 5.41) is 2.32. The van der Waals surface area contributed by atoms with E-state index >= 15 is 0 Å². The second-order valence-electron chi connectivity index (χ2n) is 4.25. The van der Waals surface area contributed by atoms with Gasteiger partial charge in [-0.1, -0.05) is 6.92 Å². The molecule has 1 aliphatic rings. The molecule has 0 aliphatic carbocycles. The van der Waals surface area contributed by atoms with Crippen molar-refractivity contribution in [1.82, 2.24) is 10.4 Å². The number of rotatable bonds is 0. The van der Waals surface area contributed by atoms with Gasteiger partial charge in [0.05, 0.1) is 0 Å². The van der Waals surface area contributed by atoms with Crippen LogP contribution in [0.15, 0.2) is 0 Å². The predicted molar refractivity (Wildman–Crippen MR) is 43.6 cm³/mol. The molecular formula is C8H18N2. The SMILES string of the molecule is CC1CNN(C(C)(C)C)C1. The van der Waals surface area contributed by atoms with Crippen molar-refractivity contribution in [2.75, 3.05) is 13.1 Å². The van der Waals surface area contributed by atoms with Gasteiger partial charge in [-0.05, 0) is 26.7 Å². The summed E-state index contributed by atoms with van der Waals surface area (Å²) in [6, 6.07) is 0. The summed E-state index contributed by atoms with van der Waals surface area (Å²) in [5.74, 6) is 0.805. The largest absolute Gasteiger partial charge is 0.254 e. The average molecular weight is 142 g/mol. The molecule has 0 aromatic carbocycles. The van der Waals surface area contributed by atoms with Crippen LogP contribution in [0.1, 0.15) is 27.7 Å². The molecule has 1 N–H and O–H groups in total. The van der Waals surface area contributed by atoms with Gasteiger partial charge >= 0.3 is 0 Å². The lowest BCUT2D eigenvalue weighted by atomic mass is 10.1. The normalized spacial score (nSPS) is 29.4. The molecule has 60 valence electrons. The maximum absolute atomic E-state index is 3.38. The fourth-order valence-corrected chi connectivity index (χ4v) is 1.22. The molecule has 10 heavy (non-hydrogen) atoms. The quantitative estimate of drug-likeness (QED) is 0.547. The summed E-state index contributed by atoms with van der Waals surface area (Å²) < 4.78 is 0.